The van der Waals surface area contributed by atoms with Crippen LogP contribution in [0.1, 0.15) is 20.8 Å². The van der Waals surface area contributed by atoms with Gasteiger partial charge < -0.3 is 10.2 Å². The van der Waals surface area contributed by atoms with Crippen molar-refractivity contribution < 1.29 is 9.72 Å². The number of anilines is 2. The van der Waals surface area contributed by atoms with Crippen LogP contribution in [0.3, 0.4) is 0 Å². The van der Waals surface area contributed by atoms with E-state index in [4.69, 9.17) is 0 Å². The molecule has 0 aliphatic heterocycles. The van der Waals surface area contributed by atoms with E-state index >= 15 is 0 Å². The highest BCUT2D eigenvalue weighted by Gasteiger charge is 2.16. The topological polar surface area (TPSA) is 93.3 Å². The predicted octanol–water partition coefficient (Wildman–Crippen LogP) is 2.91. The third-order valence-electron chi connectivity index (χ3n) is 4.00. The molecule has 1 N–H and O–H groups in total. The summed E-state index contributed by atoms with van der Waals surface area (Å²) in [5.74, 6) is -0.532. The number of hydrogen-bond acceptors (Lipinski definition) is 5. The van der Waals surface area contributed by atoms with E-state index in [1.165, 1.54) is 17.1 Å². The summed E-state index contributed by atoms with van der Waals surface area (Å²) in [5.41, 5.74) is 1.75. The van der Waals surface area contributed by atoms with Gasteiger partial charge in [0, 0.05) is 24.5 Å². The lowest BCUT2D eigenvalue weighted by Gasteiger charge is -2.21. The van der Waals surface area contributed by atoms with Crippen molar-refractivity contribution in [2.75, 3.05) is 23.3 Å². The SMILES string of the molecule is CCN(CC)c1ccc(NC(=O)C(C)Cn2cc([N+](=O)[O-])cn2)cc1. The molecular formula is C17H23N5O3. The molecule has 0 bridgehead atoms. The molecule has 1 aromatic carbocycles. The fourth-order valence-electron chi connectivity index (χ4n) is 2.52. The van der Waals surface area contributed by atoms with Crippen LogP contribution in [0, 0.1) is 16.0 Å². The summed E-state index contributed by atoms with van der Waals surface area (Å²) in [6.07, 6.45) is 2.50. The van der Waals surface area contributed by atoms with E-state index in [1.807, 2.05) is 24.3 Å². The third kappa shape index (κ3) is 4.79. The van der Waals surface area contributed by atoms with E-state index in [1.54, 1.807) is 6.92 Å². The number of benzene rings is 1. The van der Waals surface area contributed by atoms with Gasteiger partial charge in [0.25, 0.3) is 0 Å². The lowest BCUT2D eigenvalue weighted by molar-refractivity contribution is -0.385. The zero-order valence-electron chi connectivity index (χ0n) is 14.7. The fourth-order valence-corrected chi connectivity index (χ4v) is 2.52. The molecule has 2 rings (SSSR count). The van der Waals surface area contributed by atoms with Gasteiger partial charge in [0.05, 0.1) is 17.4 Å². The van der Waals surface area contributed by atoms with Crippen LogP contribution in [0.15, 0.2) is 36.7 Å². The normalized spacial score (nSPS) is 11.8. The van der Waals surface area contributed by atoms with Crippen LogP contribution in [0.25, 0.3) is 0 Å². The Morgan fingerprint density at radius 1 is 1.32 bits per heavy atom. The molecule has 0 fully saturated rings. The van der Waals surface area contributed by atoms with Gasteiger partial charge in [-0.05, 0) is 38.1 Å². The second kappa shape index (κ2) is 8.27. The van der Waals surface area contributed by atoms with Crippen molar-refractivity contribution in [3.8, 4) is 0 Å². The molecule has 1 amide bonds. The Labute approximate surface area is 146 Å². The van der Waals surface area contributed by atoms with Gasteiger partial charge in [-0.15, -0.1) is 0 Å². The first-order valence-corrected chi connectivity index (χ1v) is 8.27. The summed E-state index contributed by atoms with van der Waals surface area (Å²) in [6.45, 7) is 8.08. The van der Waals surface area contributed by atoms with E-state index in [9.17, 15) is 14.9 Å². The highest BCUT2D eigenvalue weighted by Crippen LogP contribution is 2.18. The number of nitro groups is 1. The monoisotopic (exact) mass is 345 g/mol. The molecular weight excluding hydrogens is 322 g/mol. The van der Waals surface area contributed by atoms with E-state index in [0.29, 0.717) is 0 Å². The quantitative estimate of drug-likeness (QED) is 0.586. The lowest BCUT2D eigenvalue weighted by atomic mass is 10.1. The Morgan fingerprint density at radius 2 is 1.96 bits per heavy atom. The lowest BCUT2D eigenvalue weighted by Crippen LogP contribution is -2.25. The Hall–Kier alpha value is -2.90. The maximum Gasteiger partial charge on any atom is 0.306 e. The van der Waals surface area contributed by atoms with Gasteiger partial charge in [-0.25, -0.2) is 0 Å². The molecule has 0 spiro atoms. The number of rotatable bonds is 8. The molecule has 0 saturated carbocycles. The van der Waals surface area contributed by atoms with Crippen molar-refractivity contribution in [3.63, 3.8) is 0 Å². The first-order valence-electron chi connectivity index (χ1n) is 8.27. The van der Waals surface area contributed by atoms with Gasteiger partial charge in [-0.2, -0.15) is 5.10 Å². The second-order valence-electron chi connectivity index (χ2n) is 5.79. The van der Waals surface area contributed by atoms with Crippen LogP contribution < -0.4 is 10.2 Å². The number of carbonyl (C=O) groups is 1. The van der Waals surface area contributed by atoms with Crippen molar-refractivity contribution in [2.24, 2.45) is 5.92 Å². The standard InChI is InChI=1S/C17H23N5O3/c1-4-20(5-2)15-8-6-14(7-9-15)19-17(23)13(3)11-21-12-16(10-18-21)22(24)25/h6-10,12-13H,4-5,11H2,1-3H3,(H,19,23). The predicted molar refractivity (Wildman–Crippen MR) is 96.7 cm³/mol. The summed E-state index contributed by atoms with van der Waals surface area (Å²) in [4.78, 5) is 24.7. The molecule has 1 unspecified atom stereocenters. The Kier molecular flexibility index (Phi) is 6.10. The smallest absolute Gasteiger partial charge is 0.306 e. The molecule has 1 heterocycles. The minimum atomic E-state index is -0.508. The maximum atomic E-state index is 12.3. The first-order chi connectivity index (χ1) is 11.9. The van der Waals surface area contributed by atoms with Crippen LogP contribution in [0.4, 0.5) is 17.1 Å². The number of aromatic nitrogens is 2. The van der Waals surface area contributed by atoms with Gasteiger partial charge in [-0.3, -0.25) is 19.6 Å². The average Bonchev–Trinajstić information content (AvgIpc) is 3.06. The molecule has 0 aliphatic rings. The zero-order chi connectivity index (χ0) is 18.4. The molecule has 0 radical (unpaired) electrons. The first kappa shape index (κ1) is 18.4. The van der Waals surface area contributed by atoms with E-state index < -0.39 is 4.92 Å². The Morgan fingerprint density at radius 3 is 2.48 bits per heavy atom. The molecule has 0 aliphatic carbocycles. The average molecular weight is 345 g/mol. The fraction of sp³-hybridized carbons (Fsp3) is 0.412. The molecule has 1 atom stereocenters. The highest BCUT2D eigenvalue weighted by atomic mass is 16.6. The van der Waals surface area contributed by atoms with Crippen molar-refractivity contribution in [1.82, 2.24) is 9.78 Å². The summed E-state index contributed by atoms with van der Waals surface area (Å²) >= 11 is 0. The van der Waals surface area contributed by atoms with Gasteiger partial charge in [0.2, 0.25) is 5.91 Å². The van der Waals surface area contributed by atoms with Gasteiger partial charge in [0.1, 0.15) is 12.4 Å². The van der Waals surface area contributed by atoms with Crippen molar-refractivity contribution in [1.29, 1.82) is 0 Å². The number of amides is 1. The van der Waals surface area contributed by atoms with Crippen LogP contribution >= 0.6 is 0 Å². The van der Waals surface area contributed by atoms with Crippen LogP contribution in [0.5, 0.6) is 0 Å². The summed E-state index contributed by atoms with van der Waals surface area (Å²) < 4.78 is 1.41. The molecule has 0 saturated heterocycles. The summed E-state index contributed by atoms with van der Waals surface area (Å²) in [7, 11) is 0. The minimum Gasteiger partial charge on any atom is -0.372 e. The summed E-state index contributed by atoms with van der Waals surface area (Å²) in [6, 6.07) is 7.70. The molecule has 8 nitrogen and oxygen atoms in total. The van der Waals surface area contributed by atoms with Crippen LogP contribution in [-0.4, -0.2) is 33.7 Å². The maximum absolute atomic E-state index is 12.3. The number of nitrogens with one attached hydrogen (secondary N) is 1. The van der Waals surface area contributed by atoms with Crippen LogP contribution in [-0.2, 0) is 11.3 Å². The Balaban J connectivity index is 1.94. The zero-order valence-corrected chi connectivity index (χ0v) is 14.7. The Bertz CT molecular complexity index is 722. The molecule has 1 aromatic heterocycles. The summed E-state index contributed by atoms with van der Waals surface area (Å²) in [5, 5.41) is 17.4. The number of carbonyl (C=O) groups excluding carboxylic acids is 1. The second-order valence-corrected chi connectivity index (χ2v) is 5.79. The molecule has 25 heavy (non-hydrogen) atoms. The van der Waals surface area contributed by atoms with Gasteiger partial charge >= 0.3 is 5.69 Å². The van der Waals surface area contributed by atoms with Crippen molar-refractivity contribution >= 4 is 23.0 Å². The van der Waals surface area contributed by atoms with Gasteiger partial charge in [0.15, 0.2) is 0 Å². The number of nitrogens with zero attached hydrogens (tertiary/aromatic N) is 4. The van der Waals surface area contributed by atoms with Gasteiger partial charge in [-0.1, -0.05) is 6.92 Å². The molecule has 8 heteroatoms. The van der Waals surface area contributed by atoms with Crippen molar-refractivity contribution in [2.45, 2.75) is 27.3 Å². The van der Waals surface area contributed by atoms with E-state index in [0.717, 1.165) is 24.5 Å². The largest absolute Gasteiger partial charge is 0.372 e. The van der Waals surface area contributed by atoms with E-state index in [2.05, 4.69) is 29.2 Å². The third-order valence-corrected chi connectivity index (χ3v) is 4.00. The van der Waals surface area contributed by atoms with E-state index in [-0.39, 0.29) is 24.1 Å². The molecule has 2 aromatic rings. The number of hydrogen-bond donors (Lipinski definition) is 1. The van der Waals surface area contributed by atoms with Crippen molar-refractivity contribution in [3.05, 3.63) is 46.8 Å². The minimum absolute atomic E-state index is 0.0837. The highest BCUT2D eigenvalue weighted by molar-refractivity contribution is 5.92. The molecule has 134 valence electrons. The van der Waals surface area contributed by atoms with Crippen LogP contribution in [0.2, 0.25) is 0 Å².